The molecule has 0 bridgehead atoms. The van der Waals surface area contributed by atoms with Gasteiger partial charge in [0.1, 0.15) is 0 Å². The highest BCUT2D eigenvalue weighted by Crippen LogP contribution is 2.14. The Hall–Kier alpha value is -0.910. The molecule has 1 unspecified atom stereocenters. The van der Waals surface area contributed by atoms with E-state index in [-0.39, 0.29) is 12.5 Å². The zero-order chi connectivity index (χ0) is 11.1. The minimum Gasteiger partial charge on any atom is -0.387 e. The largest absolute Gasteiger partial charge is 0.387 e. The molecule has 1 rings (SSSR count). The Labute approximate surface area is 93.3 Å². The zero-order valence-corrected chi connectivity index (χ0v) is 9.51. The van der Waals surface area contributed by atoms with E-state index in [0.29, 0.717) is 13.0 Å². The highest BCUT2D eigenvalue weighted by Gasteiger charge is 2.09. The number of nitrogens with one attached hydrogen (secondary N) is 2. The standard InChI is InChI=1S/C10H16N2O2S/c1-11-4-2-10(14)12-6-9(13)8-3-5-15-7-8/h3,5,7,9,11,13H,2,4,6H2,1H3,(H,12,14). The number of rotatable bonds is 6. The van der Waals surface area contributed by atoms with E-state index in [2.05, 4.69) is 10.6 Å². The van der Waals surface area contributed by atoms with E-state index < -0.39 is 6.10 Å². The first kappa shape index (κ1) is 12.2. The predicted octanol–water partition coefficient (Wildman–Crippen LogP) is 0.507. The summed E-state index contributed by atoms with van der Waals surface area (Å²) in [6, 6.07) is 1.86. The highest BCUT2D eigenvalue weighted by atomic mass is 32.1. The number of aliphatic hydroxyl groups is 1. The summed E-state index contributed by atoms with van der Waals surface area (Å²) < 4.78 is 0. The lowest BCUT2D eigenvalue weighted by atomic mass is 10.2. The average molecular weight is 228 g/mol. The highest BCUT2D eigenvalue weighted by molar-refractivity contribution is 7.07. The summed E-state index contributed by atoms with van der Waals surface area (Å²) in [7, 11) is 1.80. The van der Waals surface area contributed by atoms with Crippen LogP contribution < -0.4 is 10.6 Å². The topological polar surface area (TPSA) is 61.4 Å². The van der Waals surface area contributed by atoms with Crippen molar-refractivity contribution in [3.05, 3.63) is 22.4 Å². The van der Waals surface area contributed by atoms with Gasteiger partial charge in [0.05, 0.1) is 6.10 Å². The molecule has 0 saturated heterocycles. The maximum Gasteiger partial charge on any atom is 0.221 e. The van der Waals surface area contributed by atoms with Crippen molar-refractivity contribution in [2.24, 2.45) is 0 Å². The Balaban J connectivity index is 2.22. The molecule has 0 spiro atoms. The van der Waals surface area contributed by atoms with Crippen LogP contribution in [0.1, 0.15) is 18.1 Å². The van der Waals surface area contributed by atoms with Gasteiger partial charge < -0.3 is 15.7 Å². The Bertz CT molecular complexity index is 288. The van der Waals surface area contributed by atoms with Crippen LogP contribution in [0.15, 0.2) is 16.8 Å². The van der Waals surface area contributed by atoms with Gasteiger partial charge in [-0.1, -0.05) is 0 Å². The second-order valence-corrected chi connectivity index (χ2v) is 4.01. The van der Waals surface area contributed by atoms with E-state index in [1.165, 1.54) is 11.3 Å². The van der Waals surface area contributed by atoms with Crippen molar-refractivity contribution >= 4 is 17.2 Å². The number of hydrogen-bond donors (Lipinski definition) is 3. The van der Waals surface area contributed by atoms with E-state index in [1.807, 2.05) is 16.8 Å². The van der Waals surface area contributed by atoms with Crippen LogP contribution in [0.25, 0.3) is 0 Å². The number of amides is 1. The molecule has 15 heavy (non-hydrogen) atoms. The first-order valence-corrected chi connectivity index (χ1v) is 5.79. The maximum absolute atomic E-state index is 11.2. The molecular weight excluding hydrogens is 212 g/mol. The monoisotopic (exact) mass is 228 g/mol. The van der Waals surface area contributed by atoms with Crippen LogP contribution >= 0.6 is 11.3 Å². The quantitative estimate of drug-likeness (QED) is 0.665. The fourth-order valence-corrected chi connectivity index (χ4v) is 1.83. The molecular formula is C10H16N2O2S. The molecule has 1 heterocycles. The van der Waals surface area contributed by atoms with E-state index in [0.717, 1.165) is 5.56 Å². The van der Waals surface area contributed by atoms with Gasteiger partial charge in [-0.2, -0.15) is 11.3 Å². The second kappa shape index (κ2) is 6.55. The molecule has 0 aliphatic rings. The van der Waals surface area contributed by atoms with E-state index in [9.17, 15) is 9.90 Å². The Morgan fingerprint density at radius 3 is 3.07 bits per heavy atom. The van der Waals surface area contributed by atoms with Gasteiger partial charge in [0.15, 0.2) is 0 Å². The smallest absolute Gasteiger partial charge is 0.221 e. The molecule has 0 aliphatic carbocycles. The van der Waals surface area contributed by atoms with Gasteiger partial charge in [-0.3, -0.25) is 4.79 Å². The summed E-state index contributed by atoms with van der Waals surface area (Å²) in [6.07, 6.45) is -0.165. The van der Waals surface area contributed by atoms with Crippen molar-refractivity contribution in [1.29, 1.82) is 0 Å². The third-order valence-electron chi connectivity index (χ3n) is 2.02. The average Bonchev–Trinajstić information content (AvgIpc) is 2.76. The summed E-state index contributed by atoms with van der Waals surface area (Å²) in [5.74, 6) is -0.0429. The molecule has 3 N–H and O–H groups in total. The first-order chi connectivity index (χ1) is 7.24. The summed E-state index contributed by atoms with van der Waals surface area (Å²) in [5.41, 5.74) is 0.855. The Kier molecular flexibility index (Phi) is 5.31. The number of carbonyl (C=O) groups is 1. The van der Waals surface area contributed by atoms with Crippen molar-refractivity contribution < 1.29 is 9.90 Å². The van der Waals surface area contributed by atoms with Gasteiger partial charge in [0.2, 0.25) is 5.91 Å². The van der Waals surface area contributed by atoms with Gasteiger partial charge in [-0.15, -0.1) is 0 Å². The fourth-order valence-electron chi connectivity index (χ4n) is 1.12. The van der Waals surface area contributed by atoms with Crippen molar-refractivity contribution in [1.82, 2.24) is 10.6 Å². The van der Waals surface area contributed by atoms with Gasteiger partial charge in [-0.25, -0.2) is 0 Å². The molecule has 1 aromatic heterocycles. The third-order valence-corrected chi connectivity index (χ3v) is 2.72. The summed E-state index contributed by atoms with van der Waals surface area (Å²) in [6.45, 7) is 0.930. The molecule has 1 amide bonds. The van der Waals surface area contributed by atoms with E-state index in [4.69, 9.17) is 0 Å². The Morgan fingerprint density at radius 2 is 2.47 bits per heavy atom. The third kappa shape index (κ3) is 4.42. The van der Waals surface area contributed by atoms with Crippen LogP contribution in [-0.4, -0.2) is 31.2 Å². The minimum atomic E-state index is -0.602. The molecule has 0 fully saturated rings. The van der Waals surface area contributed by atoms with Crippen molar-refractivity contribution in [2.45, 2.75) is 12.5 Å². The van der Waals surface area contributed by atoms with Crippen LogP contribution in [0.4, 0.5) is 0 Å². The fraction of sp³-hybridized carbons (Fsp3) is 0.500. The number of carbonyl (C=O) groups excluding carboxylic acids is 1. The number of thiophene rings is 1. The molecule has 4 nitrogen and oxygen atoms in total. The molecule has 0 aromatic carbocycles. The molecule has 84 valence electrons. The lowest BCUT2D eigenvalue weighted by molar-refractivity contribution is -0.121. The second-order valence-electron chi connectivity index (χ2n) is 3.23. The summed E-state index contributed by atoms with van der Waals surface area (Å²) in [5, 5.41) is 19.0. The van der Waals surface area contributed by atoms with E-state index in [1.54, 1.807) is 7.05 Å². The zero-order valence-electron chi connectivity index (χ0n) is 8.69. The maximum atomic E-state index is 11.2. The summed E-state index contributed by atoms with van der Waals surface area (Å²) in [4.78, 5) is 11.2. The SMILES string of the molecule is CNCCC(=O)NCC(O)c1ccsc1. The van der Waals surface area contributed by atoms with Crippen molar-refractivity contribution in [3.8, 4) is 0 Å². The molecule has 1 aromatic rings. The van der Waals surface area contributed by atoms with Gasteiger partial charge >= 0.3 is 0 Å². The first-order valence-electron chi connectivity index (χ1n) is 4.85. The molecule has 0 radical (unpaired) electrons. The predicted molar refractivity (Wildman–Crippen MR) is 60.8 cm³/mol. The van der Waals surface area contributed by atoms with Crippen LogP contribution in [0.3, 0.4) is 0 Å². The molecule has 0 saturated carbocycles. The molecule has 1 atom stereocenters. The van der Waals surface area contributed by atoms with Crippen LogP contribution in [0, 0.1) is 0 Å². The van der Waals surface area contributed by atoms with Gasteiger partial charge in [-0.05, 0) is 29.4 Å². The van der Waals surface area contributed by atoms with Crippen LogP contribution in [0.5, 0.6) is 0 Å². The normalized spacial score (nSPS) is 12.4. The lowest BCUT2D eigenvalue weighted by Gasteiger charge is -2.10. The molecule has 0 aliphatic heterocycles. The van der Waals surface area contributed by atoms with Gasteiger partial charge in [0.25, 0.3) is 0 Å². The van der Waals surface area contributed by atoms with Crippen molar-refractivity contribution in [2.75, 3.05) is 20.1 Å². The number of aliphatic hydroxyl groups excluding tert-OH is 1. The lowest BCUT2D eigenvalue weighted by Crippen LogP contribution is -2.30. The molecule has 5 heteroatoms. The van der Waals surface area contributed by atoms with Crippen LogP contribution in [-0.2, 0) is 4.79 Å². The summed E-state index contributed by atoms with van der Waals surface area (Å²) >= 11 is 1.53. The number of hydrogen-bond acceptors (Lipinski definition) is 4. The van der Waals surface area contributed by atoms with E-state index >= 15 is 0 Å². The van der Waals surface area contributed by atoms with Gasteiger partial charge in [0, 0.05) is 19.5 Å². The van der Waals surface area contributed by atoms with Crippen LogP contribution in [0.2, 0.25) is 0 Å². The minimum absolute atomic E-state index is 0.0429. The Morgan fingerprint density at radius 1 is 1.67 bits per heavy atom. The van der Waals surface area contributed by atoms with Crippen molar-refractivity contribution in [3.63, 3.8) is 0 Å².